The quantitative estimate of drug-likeness (QED) is 0.642. The summed E-state index contributed by atoms with van der Waals surface area (Å²) in [5.74, 6) is 4.09. The number of aliphatic hydroxyl groups is 1. The van der Waals surface area contributed by atoms with E-state index in [1.807, 2.05) is 0 Å². The second kappa shape index (κ2) is 7.54. The molecule has 0 bridgehead atoms. The van der Waals surface area contributed by atoms with Crippen molar-refractivity contribution in [1.82, 2.24) is 0 Å². The Kier molecular flexibility index (Phi) is 5.33. The molecule has 0 radical (unpaired) electrons. The molecule has 0 unspecified atom stereocenters. The van der Waals surface area contributed by atoms with Crippen LogP contribution < -0.4 is 0 Å². The van der Waals surface area contributed by atoms with Gasteiger partial charge in [-0.05, 0) is 117 Å². The first-order chi connectivity index (χ1) is 13.5. The molecule has 3 heteroatoms. The molecule has 5 aliphatic rings. The second-order valence-electron chi connectivity index (χ2n) is 11.5. The third-order valence-electron chi connectivity index (χ3n) is 10.5. The molecule has 0 spiro atoms. The van der Waals surface area contributed by atoms with Crippen molar-refractivity contribution in [2.45, 2.75) is 103 Å². The predicted molar refractivity (Wildman–Crippen MR) is 111 cm³/mol. The Labute approximate surface area is 171 Å². The van der Waals surface area contributed by atoms with Gasteiger partial charge in [-0.3, -0.25) is 0 Å². The Morgan fingerprint density at radius 1 is 0.893 bits per heavy atom. The lowest BCUT2D eigenvalue weighted by molar-refractivity contribution is -0.212. The summed E-state index contributed by atoms with van der Waals surface area (Å²) >= 11 is 0. The largest absolute Gasteiger partial charge is 0.396 e. The van der Waals surface area contributed by atoms with E-state index in [1.54, 1.807) is 0 Å². The zero-order valence-corrected chi connectivity index (χ0v) is 18.2. The maximum absolute atomic E-state index is 9.94. The Bertz CT molecular complexity index is 558. The summed E-state index contributed by atoms with van der Waals surface area (Å²) in [5, 5.41) is 9.94. The third-order valence-corrected chi connectivity index (χ3v) is 10.5. The summed E-state index contributed by atoms with van der Waals surface area (Å²) in [6, 6.07) is 0. The van der Waals surface area contributed by atoms with Gasteiger partial charge in [0.2, 0.25) is 0 Å². The van der Waals surface area contributed by atoms with Gasteiger partial charge in [0, 0.05) is 13.2 Å². The number of aliphatic hydroxyl groups excluding tert-OH is 1. The van der Waals surface area contributed by atoms with Crippen LogP contribution >= 0.6 is 0 Å². The Morgan fingerprint density at radius 2 is 1.71 bits per heavy atom. The molecule has 0 aromatic heterocycles. The van der Waals surface area contributed by atoms with Gasteiger partial charge in [-0.25, -0.2) is 0 Å². The van der Waals surface area contributed by atoms with E-state index in [4.69, 9.17) is 9.47 Å². The van der Waals surface area contributed by atoms with Crippen LogP contribution in [0.3, 0.4) is 0 Å². The average Bonchev–Trinajstić information content (AvgIpc) is 3.05. The molecule has 9 atom stereocenters. The van der Waals surface area contributed by atoms with E-state index in [-0.39, 0.29) is 6.29 Å². The maximum Gasteiger partial charge on any atom is 0.157 e. The van der Waals surface area contributed by atoms with E-state index in [2.05, 4.69) is 13.8 Å². The van der Waals surface area contributed by atoms with Gasteiger partial charge in [0.15, 0.2) is 6.29 Å². The van der Waals surface area contributed by atoms with Gasteiger partial charge < -0.3 is 14.6 Å². The number of hydrogen-bond acceptors (Lipinski definition) is 3. The summed E-state index contributed by atoms with van der Waals surface area (Å²) < 4.78 is 12.3. The van der Waals surface area contributed by atoms with Crippen molar-refractivity contribution in [2.24, 2.45) is 40.4 Å². The van der Waals surface area contributed by atoms with Crippen molar-refractivity contribution in [3.8, 4) is 0 Å². The summed E-state index contributed by atoms with van der Waals surface area (Å²) in [7, 11) is 0. The molecule has 4 aliphatic carbocycles. The molecule has 5 rings (SSSR count). The zero-order valence-electron chi connectivity index (χ0n) is 18.2. The van der Waals surface area contributed by atoms with E-state index in [0.29, 0.717) is 29.5 Å². The van der Waals surface area contributed by atoms with Gasteiger partial charge in [-0.15, -0.1) is 0 Å². The summed E-state index contributed by atoms with van der Waals surface area (Å²) in [5.41, 5.74) is 0.937. The lowest BCUT2D eigenvalue weighted by Gasteiger charge is -2.61. The van der Waals surface area contributed by atoms with Crippen molar-refractivity contribution in [2.75, 3.05) is 13.2 Å². The second-order valence-corrected chi connectivity index (χ2v) is 11.5. The number of ether oxygens (including phenoxy) is 2. The molecule has 3 nitrogen and oxygen atoms in total. The van der Waals surface area contributed by atoms with Gasteiger partial charge in [0.25, 0.3) is 0 Å². The average molecular weight is 391 g/mol. The maximum atomic E-state index is 9.94. The van der Waals surface area contributed by atoms with Crippen LogP contribution in [0.2, 0.25) is 0 Å². The van der Waals surface area contributed by atoms with Crippen LogP contribution in [-0.2, 0) is 9.47 Å². The minimum absolute atomic E-state index is 0.0729. The number of rotatable bonds is 3. The van der Waals surface area contributed by atoms with Crippen LogP contribution in [0, 0.1) is 40.4 Å². The normalized spacial score (nSPS) is 53.9. The monoisotopic (exact) mass is 390 g/mol. The molecule has 4 saturated carbocycles. The van der Waals surface area contributed by atoms with Gasteiger partial charge in [-0.2, -0.15) is 0 Å². The van der Waals surface area contributed by atoms with Crippen LogP contribution in [0.25, 0.3) is 0 Å². The zero-order chi connectivity index (χ0) is 19.4. The minimum atomic E-state index is 0.0729. The smallest absolute Gasteiger partial charge is 0.157 e. The van der Waals surface area contributed by atoms with Crippen LogP contribution in [0.5, 0.6) is 0 Å². The summed E-state index contributed by atoms with van der Waals surface area (Å²) in [6.07, 6.45) is 16.1. The molecule has 1 heterocycles. The highest BCUT2D eigenvalue weighted by atomic mass is 16.7. The fraction of sp³-hybridized carbons (Fsp3) is 1.00. The highest BCUT2D eigenvalue weighted by Gasteiger charge is 2.60. The first kappa shape index (κ1) is 19.8. The van der Waals surface area contributed by atoms with E-state index < -0.39 is 0 Å². The lowest BCUT2D eigenvalue weighted by Crippen LogP contribution is -2.54. The highest BCUT2D eigenvalue weighted by Crippen LogP contribution is 2.67. The fourth-order valence-electron chi connectivity index (χ4n) is 8.78. The van der Waals surface area contributed by atoms with Gasteiger partial charge in [0.1, 0.15) is 0 Å². The summed E-state index contributed by atoms with van der Waals surface area (Å²) in [6.45, 7) is 6.46. The molecule has 1 aliphatic heterocycles. The predicted octanol–water partition coefficient (Wildman–Crippen LogP) is 5.55. The van der Waals surface area contributed by atoms with Crippen molar-refractivity contribution >= 4 is 0 Å². The standard InChI is InChI=1S/C25H42O3/c1-24-12-10-19(28-23-5-3-4-14-27-23)15-17(24)6-8-20-21-9-7-18(16-26)25(21,2)13-11-22(20)24/h17-23,26H,3-16H2,1-2H3/t17-,18+,19-,20-,21-,22-,23+,24-,25+/m0/s1. The van der Waals surface area contributed by atoms with Crippen molar-refractivity contribution < 1.29 is 14.6 Å². The molecule has 1 N–H and O–H groups in total. The van der Waals surface area contributed by atoms with Gasteiger partial charge >= 0.3 is 0 Å². The van der Waals surface area contributed by atoms with Gasteiger partial charge in [0.05, 0.1) is 6.10 Å². The van der Waals surface area contributed by atoms with E-state index >= 15 is 0 Å². The first-order valence-electron chi connectivity index (χ1n) is 12.4. The van der Waals surface area contributed by atoms with Crippen molar-refractivity contribution in [3.05, 3.63) is 0 Å². The molecule has 28 heavy (non-hydrogen) atoms. The molecule has 5 fully saturated rings. The summed E-state index contributed by atoms with van der Waals surface area (Å²) in [4.78, 5) is 0. The SMILES string of the molecule is C[C@]12CC[C@H](O[C@@H]3CCCCO3)C[C@@H]1CC[C@@H]1[C@@H]2CC[C@]2(C)[C@@H](CO)CC[C@@H]12. The van der Waals surface area contributed by atoms with Crippen molar-refractivity contribution in [1.29, 1.82) is 0 Å². The van der Waals surface area contributed by atoms with Crippen LogP contribution in [0.4, 0.5) is 0 Å². The Morgan fingerprint density at radius 3 is 2.50 bits per heavy atom. The first-order valence-corrected chi connectivity index (χ1v) is 12.4. The van der Waals surface area contributed by atoms with Crippen LogP contribution in [-0.4, -0.2) is 30.7 Å². The fourth-order valence-corrected chi connectivity index (χ4v) is 8.78. The van der Waals surface area contributed by atoms with E-state index in [9.17, 15) is 5.11 Å². The molecular weight excluding hydrogens is 348 g/mol. The Hall–Kier alpha value is -0.120. The molecule has 1 saturated heterocycles. The van der Waals surface area contributed by atoms with Crippen molar-refractivity contribution in [3.63, 3.8) is 0 Å². The topological polar surface area (TPSA) is 38.7 Å². The third kappa shape index (κ3) is 3.10. The van der Waals surface area contributed by atoms with Gasteiger partial charge in [-0.1, -0.05) is 13.8 Å². The Balaban J connectivity index is 1.27. The molecule has 160 valence electrons. The van der Waals surface area contributed by atoms with E-state index in [0.717, 1.165) is 36.7 Å². The molecule has 0 aromatic carbocycles. The minimum Gasteiger partial charge on any atom is -0.396 e. The molecule has 0 aromatic rings. The number of fused-ring (bicyclic) bond motifs is 5. The van der Waals surface area contributed by atoms with E-state index in [1.165, 1.54) is 70.6 Å². The van der Waals surface area contributed by atoms with Crippen LogP contribution in [0.1, 0.15) is 90.9 Å². The van der Waals surface area contributed by atoms with Crippen LogP contribution in [0.15, 0.2) is 0 Å². The highest BCUT2D eigenvalue weighted by molar-refractivity contribution is 5.09. The molecule has 0 amide bonds. The number of hydrogen-bond donors (Lipinski definition) is 1. The molecular formula is C25H42O3. The lowest BCUT2D eigenvalue weighted by atomic mass is 9.44.